The van der Waals surface area contributed by atoms with Gasteiger partial charge in [0.25, 0.3) is 20.0 Å². The second-order valence-electron chi connectivity index (χ2n) is 26.3. The molecule has 13 atom stereocenters. The molecule has 4 heterocycles. The summed E-state index contributed by atoms with van der Waals surface area (Å²) >= 11 is 1.29. The first-order chi connectivity index (χ1) is 46.7. The van der Waals surface area contributed by atoms with Gasteiger partial charge in [0.1, 0.15) is 16.8 Å². The number of nitrogens with zero attached hydrogens (tertiary/aromatic N) is 3. The first-order valence-electron chi connectivity index (χ1n) is 34.8. The second-order valence-corrected chi connectivity index (χ2v) is 36.7. The third-order valence-electron chi connectivity index (χ3n) is 19.3. The molecule has 23 nitrogen and oxygen atoms in total. The zero-order chi connectivity index (χ0) is 71.2. The summed E-state index contributed by atoms with van der Waals surface area (Å²) in [5, 5.41) is 62.1. The number of aliphatic hydroxyl groups excluding tert-OH is 5. The molecule has 0 radical (unpaired) electrons. The monoisotopic (exact) mass is 1480 g/mol. The van der Waals surface area contributed by atoms with Crippen molar-refractivity contribution in [3.63, 3.8) is 0 Å². The highest BCUT2D eigenvalue weighted by Crippen LogP contribution is 2.45. The number of unbranched alkanes of at least 4 members (excludes halogenated alkanes) is 5. The summed E-state index contributed by atoms with van der Waals surface area (Å²) < 4.78 is 127. The van der Waals surface area contributed by atoms with E-state index in [1.165, 1.54) is 16.4 Å². The van der Waals surface area contributed by atoms with Crippen LogP contribution in [0.1, 0.15) is 184 Å². The Morgan fingerprint density at radius 1 is 0.765 bits per heavy atom. The Labute approximate surface area is 589 Å². The van der Waals surface area contributed by atoms with Gasteiger partial charge in [-0.15, -0.1) is 22.7 Å². The number of primary sulfonamides is 1. The normalized spacial score (nSPS) is 25.6. The Balaban J connectivity index is 0.757. The highest BCUT2D eigenvalue weighted by molar-refractivity contribution is 7.96. The molecule has 3 aromatic rings. The van der Waals surface area contributed by atoms with E-state index >= 15 is 0 Å². The van der Waals surface area contributed by atoms with E-state index in [-0.39, 0.29) is 123 Å². The van der Waals surface area contributed by atoms with Crippen molar-refractivity contribution in [1.82, 2.24) is 14.5 Å². The molecule has 0 unspecified atom stereocenters. The third-order valence-corrected chi connectivity index (χ3v) is 29.9. The fourth-order valence-corrected chi connectivity index (χ4v) is 23.0. The van der Waals surface area contributed by atoms with Gasteiger partial charge in [0.05, 0.1) is 54.5 Å². The van der Waals surface area contributed by atoms with E-state index < -0.39 is 87.7 Å². The van der Waals surface area contributed by atoms with Crippen LogP contribution < -0.4 is 10.5 Å². The van der Waals surface area contributed by atoms with Crippen molar-refractivity contribution in [3.8, 4) is 0 Å². The van der Waals surface area contributed by atoms with Gasteiger partial charge in [-0.25, -0.2) is 30.4 Å². The Hall–Kier alpha value is -4.15. The number of likely N-dealkylation sites (N-methyl/N-ethyl adjacent to an activating group) is 1. The number of methoxy groups -OCH3 is 1. The summed E-state index contributed by atoms with van der Waals surface area (Å²) in [6.45, 7) is 6.85. The molecule has 2 fully saturated rings. The van der Waals surface area contributed by atoms with Crippen molar-refractivity contribution in [1.29, 1.82) is 0 Å². The number of nitrogens with two attached hydrogens (primary N) is 1. The van der Waals surface area contributed by atoms with Gasteiger partial charge < -0.3 is 50.0 Å². The van der Waals surface area contributed by atoms with Crippen molar-refractivity contribution in [3.05, 3.63) is 95.6 Å². The number of hydrogen-bond acceptors (Lipinski definition) is 21. The summed E-state index contributed by atoms with van der Waals surface area (Å²) in [6, 6.07) is 11.5. The Morgan fingerprint density at radius 3 is 2.12 bits per heavy atom. The highest BCUT2D eigenvalue weighted by Gasteiger charge is 2.45. The van der Waals surface area contributed by atoms with E-state index in [0.717, 1.165) is 50.3 Å². The van der Waals surface area contributed by atoms with E-state index in [1.807, 2.05) is 67.6 Å². The van der Waals surface area contributed by atoms with Crippen LogP contribution in [0.4, 0.5) is 0 Å². The number of carbonyl (C=O) groups excluding carboxylic acids is 2. The van der Waals surface area contributed by atoms with Crippen molar-refractivity contribution in [2.75, 3.05) is 53.1 Å². The number of allylic oxidation sites excluding steroid dienone is 4. The molecule has 98 heavy (non-hydrogen) atoms. The average Bonchev–Trinajstić information content (AvgIpc) is 1.79. The molecule has 2 saturated carbocycles. The van der Waals surface area contributed by atoms with E-state index in [2.05, 4.69) is 9.71 Å². The SMILES string of the molecule is CCN[C@H]1C[C@H](C)S(=O)(=O)c2sc(S(=O)(=O)N=CCCOC(=O)CCC/C=C\C[C@@H]3[C@@H](CC[C@H](CCCCCCOCCCN4C[C@H](N(CC)C(=O)CCC/C=C\C[C@@H]5[C@@H](/C=C/[C@@H](O)CCc6ccccc6)[C@H](O)C[C@@H]5O)c5cc(S(N)(=O)=O)sc5S4(=O)=O)OC)[C@H](O)C[C@@H]3O)cc21. The fourth-order valence-electron chi connectivity index (χ4n) is 13.8. The number of sulfonamides is 3. The van der Waals surface area contributed by atoms with Gasteiger partial charge in [-0.2, -0.15) is 17.1 Å². The lowest BCUT2D eigenvalue weighted by Crippen LogP contribution is -2.47. The number of ether oxygens (including phenoxy) is 3. The number of benzene rings is 1. The van der Waals surface area contributed by atoms with E-state index in [4.69, 9.17) is 19.3 Å². The van der Waals surface area contributed by atoms with Crippen LogP contribution in [0.2, 0.25) is 0 Å². The number of amides is 1. The Kier molecular flexibility index (Phi) is 32.2. The Morgan fingerprint density at radius 2 is 1.42 bits per heavy atom. The van der Waals surface area contributed by atoms with Gasteiger partial charge in [0.2, 0.25) is 15.9 Å². The van der Waals surface area contributed by atoms with Crippen LogP contribution in [0.5, 0.6) is 0 Å². The molecule has 0 spiro atoms. The molecule has 1 aromatic carbocycles. The quantitative estimate of drug-likeness (QED) is 0.0121. The number of thiophene rings is 2. The minimum absolute atomic E-state index is 0.0205. The topological polar surface area (TPSA) is 356 Å². The molecule has 1 amide bonds. The number of esters is 1. The Bertz CT molecular complexity index is 3600. The molecule has 4 aliphatic rings. The third kappa shape index (κ3) is 22.9. The van der Waals surface area contributed by atoms with Crippen molar-refractivity contribution >= 4 is 80.7 Å². The maximum absolute atomic E-state index is 14.1. The standard InChI is InChI=1S/C69H105N5O18S6/c1-5-71-58-42-48(3)95(82,83)68-56(58)43-67(94-68)97(86,87)72-37-22-41-92-65(81)30-20-10-8-18-28-53-55(63(79)46-61(53)77)36-34-51(90-4)26-16-11-12-21-39-91-40-23-38-73-47-59(57-44-66(96(70,84)85)93-69(57)98(73,88)89)74(6-2)64(80)29-19-9-7-17-27-52-54(62(78)45-60(52)76)35-33-50(75)32-31-49-24-14-13-15-25-49/h7-8,13-15,17-18,24-25,33,35,37,43-44,48,50-55,58-63,71,75-79H,5-6,9-12,16,19-23,26-32,34,36,38-42,45-47H2,1-4H3,(H2,70,84,85)/b17-7-,18-8-,35-33+,72-37?/t48-,50-,51-,52+,53+,54+,55+,58-,59-,60-,61-,62+,63+/m0/s1. The van der Waals surface area contributed by atoms with E-state index in [0.29, 0.717) is 118 Å². The van der Waals surface area contributed by atoms with Crippen molar-refractivity contribution in [2.45, 2.75) is 233 Å². The first kappa shape index (κ1) is 81.2. The highest BCUT2D eigenvalue weighted by atomic mass is 32.3. The predicted octanol–water partition coefficient (Wildman–Crippen LogP) is 8.61. The largest absolute Gasteiger partial charge is 0.465 e. The summed E-state index contributed by atoms with van der Waals surface area (Å²) in [4.78, 5) is 28.0. The number of fused-ring (bicyclic) bond motifs is 2. The lowest BCUT2D eigenvalue weighted by Gasteiger charge is -2.38. The molecule has 7 rings (SSSR count). The number of carbonyl (C=O) groups is 2. The van der Waals surface area contributed by atoms with Crippen LogP contribution in [0.3, 0.4) is 0 Å². The van der Waals surface area contributed by atoms with Gasteiger partial charge in [0, 0.05) is 94.9 Å². The molecular formula is C69H105N5O18S6. The average molecular weight is 1490 g/mol. The molecule has 2 aliphatic carbocycles. The summed E-state index contributed by atoms with van der Waals surface area (Å²) in [7, 11) is -14.5. The molecule has 0 bridgehead atoms. The molecule has 550 valence electrons. The van der Waals surface area contributed by atoms with Gasteiger partial charge in [-0.3, -0.25) is 9.59 Å². The number of aliphatic hydroxyl groups is 5. The van der Waals surface area contributed by atoms with Crippen LogP contribution in [-0.4, -0.2) is 181 Å². The molecule has 0 saturated heterocycles. The molecule has 29 heteroatoms. The van der Waals surface area contributed by atoms with Gasteiger partial charge in [-0.1, -0.05) is 93.0 Å². The van der Waals surface area contributed by atoms with Crippen LogP contribution in [-0.2, 0) is 70.1 Å². The van der Waals surface area contributed by atoms with Gasteiger partial charge >= 0.3 is 5.97 Å². The van der Waals surface area contributed by atoms with E-state index in [1.54, 1.807) is 31.9 Å². The van der Waals surface area contributed by atoms with Crippen LogP contribution in [0, 0.1) is 23.7 Å². The molecule has 2 aliphatic heterocycles. The van der Waals surface area contributed by atoms with Crippen LogP contribution >= 0.6 is 22.7 Å². The van der Waals surface area contributed by atoms with Crippen LogP contribution in [0.15, 0.2) is 100 Å². The van der Waals surface area contributed by atoms with Gasteiger partial charge in [-0.05, 0) is 152 Å². The predicted molar refractivity (Wildman–Crippen MR) is 379 cm³/mol. The molecular weight excluding hydrogens is 1380 g/mol. The zero-order valence-corrected chi connectivity index (χ0v) is 61.9. The maximum Gasteiger partial charge on any atom is 0.305 e. The lowest BCUT2D eigenvalue weighted by molar-refractivity contribution is -0.143. The summed E-state index contributed by atoms with van der Waals surface area (Å²) in [5.74, 6) is -1.46. The van der Waals surface area contributed by atoms with Crippen molar-refractivity contribution in [2.24, 2.45) is 33.2 Å². The summed E-state index contributed by atoms with van der Waals surface area (Å²) in [5.41, 5.74) is 1.80. The fraction of sp³-hybridized carbons (Fsp3) is 0.667. The minimum Gasteiger partial charge on any atom is -0.465 e. The smallest absolute Gasteiger partial charge is 0.305 e. The van der Waals surface area contributed by atoms with Gasteiger partial charge in [0.15, 0.2) is 9.84 Å². The van der Waals surface area contributed by atoms with E-state index in [9.17, 15) is 68.8 Å². The lowest BCUT2D eigenvalue weighted by atomic mass is 9.85. The molecule has 8 N–H and O–H groups in total. The minimum atomic E-state index is -4.26. The summed E-state index contributed by atoms with van der Waals surface area (Å²) in [6.07, 6.45) is 20.9. The number of rotatable bonds is 42. The number of sulfone groups is 1. The maximum atomic E-state index is 14.1. The zero-order valence-electron chi connectivity index (χ0n) is 57.0. The van der Waals surface area contributed by atoms with Crippen molar-refractivity contribution < 1.29 is 83.0 Å². The second kappa shape index (κ2) is 38.9. The number of hydrogen-bond donors (Lipinski definition) is 7. The van der Waals surface area contributed by atoms with Crippen LogP contribution in [0.25, 0.3) is 0 Å². The number of nitrogens with one attached hydrogen (secondary N) is 1. The first-order valence-corrected chi connectivity index (χ1v) is 42.4. The number of aryl methyl sites for hydroxylation is 1. The molecule has 2 aromatic heterocycles.